The second-order valence-corrected chi connectivity index (χ2v) is 8.74. The number of benzene rings is 1. The van der Waals surface area contributed by atoms with Crippen LogP contribution in [-0.4, -0.2) is 21.6 Å². The zero-order chi connectivity index (χ0) is 16.5. The van der Waals surface area contributed by atoms with Crippen molar-refractivity contribution in [2.24, 2.45) is 0 Å². The molecule has 0 fully saturated rings. The first-order valence-corrected chi connectivity index (χ1v) is 10.5. The van der Waals surface area contributed by atoms with Gasteiger partial charge in [0.25, 0.3) is 0 Å². The summed E-state index contributed by atoms with van der Waals surface area (Å²) in [6.07, 6.45) is 5.06. The Balaban J connectivity index is 1.51. The van der Waals surface area contributed by atoms with Gasteiger partial charge in [-0.05, 0) is 59.5 Å². The fourth-order valence-electron chi connectivity index (χ4n) is 2.89. The third-order valence-corrected chi connectivity index (χ3v) is 7.08. The van der Waals surface area contributed by atoms with Crippen molar-refractivity contribution in [2.75, 3.05) is 11.1 Å². The molecule has 0 unspecified atom stereocenters. The lowest BCUT2D eigenvalue weighted by molar-refractivity contribution is -0.113. The van der Waals surface area contributed by atoms with E-state index in [1.165, 1.54) is 34.0 Å². The number of halogens is 1. The number of thiophene rings is 1. The van der Waals surface area contributed by atoms with E-state index in [0.717, 1.165) is 32.0 Å². The number of carbonyl (C=O) groups is 1. The molecule has 0 atom stereocenters. The Labute approximate surface area is 161 Å². The summed E-state index contributed by atoms with van der Waals surface area (Å²) in [6.45, 7) is 0. The van der Waals surface area contributed by atoms with Crippen molar-refractivity contribution in [1.29, 1.82) is 0 Å². The third kappa shape index (κ3) is 3.16. The molecule has 7 heteroatoms. The molecule has 1 amide bonds. The summed E-state index contributed by atoms with van der Waals surface area (Å²) in [5, 5.41) is 5.06. The molecule has 1 aliphatic rings. The third-order valence-electron chi connectivity index (χ3n) is 3.95. The molecule has 1 aromatic carbocycles. The maximum atomic E-state index is 12.3. The molecule has 2 aromatic heterocycles. The number of aromatic nitrogens is 2. The number of amides is 1. The molecule has 122 valence electrons. The van der Waals surface area contributed by atoms with Gasteiger partial charge in [0.2, 0.25) is 5.91 Å². The van der Waals surface area contributed by atoms with Gasteiger partial charge in [-0.25, -0.2) is 9.97 Å². The quantitative estimate of drug-likeness (QED) is 0.349. The summed E-state index contributed by atoms with van der Waals surface area (Å²) in [5.41, 5.74) is 2.25. The van der Waals surface area contributed by atoms with Crippen LogP contribution in [0.3, 0.4) is 0 Å². The van der Waals surface area contributed by atoms with Gasteiger partial charge in [0.1, 0.15) is 16.2 Å². The number of fused-ring (bicyclic) bond motifs is 3. The minimum atomic E-state index is -0.0113. The first kappa shape index (κ1) is 16.3. The van der Waals surface area contributed by atoms with Crippen molar-refractivity contribution in [1.82, 2.24) is 9.97 Å². The highest BCUT2D eigenvalue weighted by molar-refractivity contribution is 14.1. The molecule has 24 heavy (non-hydrogen) atoms. The summed E-state index contributed by atoms with van der Waals surface area (Å²) >= 11 is 5.49. The van der Waals surface area contributed by atoms with Crippen LogP contribution in [0.1, 0.15) is 16.9 Å². The Hall–Kier alpha value is -1.19. The van der Waals surface area contributed by atoms with E-state index in [1.54, 1.807) is 17.7 Å². The molecule has 0 bridgehead atoms. The predicted octanol–water partition coefficient (Wildman–Crippen LogP) is 4.52. The van der Waals surface area contributed by atoms with Gasteiger partial charge in [0.05, 0.1) is 11.4 Å². The second kappa shape index (κ2) is 6.97. The number of aryl methyl sites for hydroxylation is 2. The minimum absolute atomic E-state index is 0.0113. The predicted molar refractivity (Wildman–Crippen MR) is 108 cm³/mol. The van der Waals surface area contributed by atoms with E-state index >= 15 is 0 Å². The fourth-order valence-corrected chi connectivity index (χ4v) is 5.53. The Morgan fingerprint density at radius 3 is 3.04 bits per heavy atom. The summed E-state index contributed by atoms with van der Waals surface area (Å²) in [4.78, 5) is 23.6. The first-order valence-electron chi connectivity index (χ1n) is 7.65. The molecule has 2 heterocycles. The van der Waals surface area contributed by atoms with Crippen molar-refractivity contribution >= 4 is 67.5 Å². The Morgan fingerprint density at radius 2 is 2.17 bits per heavy atom. The number of nitrogens with zero attached hydrogens (tertiary/aromatic N) is 2. The van der Waals surface area contributed by atoms with Gasteiger partial charge >= 0.3 is 0 Å². The molecule has 0 saturated carbocycles. The molecule has 4 rings (SSSR count). The molecule has 0 saturated heterocycles. The lowest BCUT2D eigenvalue weighted by Gasteiger charge is -2.07. The molecular formula is C17H14IN3OS2. The van der Waals surface area contributed by atoms with E-state index < -0.39 is 0 Å². The largest absolute Gasteiger partial charge is 0.324 e. The Morgan fingerprint density at radius 1 is 1.29 bits per heavy atom. The Kier molecular flexibility index (Phi) is 4.73. The summed E-state index contributed by atoms with van der Waals surface area (Å²) in [7, 11) is 0. The molecular weight excluding hydrogens is 453 g/mol. The highest BCUT2D eigenvalue weighted by Crippen LogP contribution is 2.39. The van der Waals surface area contributed by atoms with Crippen LogP contribution in [0.4, 0.5) is 5.69 Å². The van der Waals surface area contributed by atoms with Crippen molar-refractivity contribution in [3.05, 3.63) is 44.6 Å². The maximum absolute atomic E-state index is 12.3. The molecule has 1 aliphatic carbocycles. The number of para-hydroxylation sites is 1. The van der Waals surface area contributed by atoms with Crippen LogP contribution >= 0.6 is 45.7 Å². The van der Waals surface area contributed by atoms with Crippen molar-refractivity contribution in [3.63, 3.8) is 0 Å². The average molecular weight is 467 g/mol. The smallest absolute Gasteiger partial charge is 0.234 e. The van der Waals surface area contributed by atoms with Gasteiger partial charge in [0.15, 0.2) is 0 Å². The van der Waals surface area contributed by atoms with Crippen LogP contribution in [0.25, 0.3) is 10.2 Å². The van der Waals surface area contributed by atoms with Gasteiger partial charge < -0.3 is 5.32 Å². The summed E-state index contributed by atoms with van der Waals surface area (Å²) in [6, 6.07) is 7.78. The lowest BCUT2D eigenvalue weighted by Crippen LogP contribution is -2.14. The number of hydrogen-bond acceptors (Lipinski definition) is 5. The van der Waals surface area contributed by atoms with Crippen molar-refractivity contribution in [2.45, 2.75) is 24.3 Å². The highest BCUT2D eigenvalue weighted by atomic mass is 127. The van der Waals surface area contributed by atoms with Crippen LogP contribution < -0.4 is 5.32 Å². The molecule has 0 spiro atoms. The van der Waals surface area contributed by atoms with Gasteiger partial charge in [0, 0.05) is 13.8 Å². The van der Waals surface area contributed by atoms with E-state index in [9.17, 15) is 4.79 Å². The SMILES string of the molecule is O=C(CSc1ncnc2sc3c(c12)CCC3)Nc1ccccc1I. The maximum Gasteiger partial charge on any atom is 0.234 e. The van der Waals surface area contributed by atoms with E-state index in [4.69, 9.17) is 0 Å². The van der Waals surface area contributed by atoms with E-state index in [2.05, 4.69) is 37.9 Å². The van der Waals surface area contributed by atoms with E-state index in [-0.39, 0.29) is 5.91 Å². The summed E-state index contributed by atoms with van der Waals surface area (Å²) in [5.74, 6) is 0.338. The summed E-state index contributed by atoms with van der Waals surface area (Å²) < 4.78 is 1.04. The number of rotatable bonds is 4. The molecule has 4 nitrogen and oxygen atoms in total. The van der Waals surface area contributed by atoms with Gasteiger partial charge in [-0.1, -0.05) is 23.9 Å². The minimum Gasteiger partial charge on any atom is -0.324 e. The first-order chi connectivity index (χ1) is 11.7. The number of anilines is 1. The van der Waals surface area contributed by atoms with Crippen molar-refractivity contribution < 1.29 is 4.79 Å². The van der Waals surface area contributed by atoms with Crippen LogP contribution in [-0.2, 0) is 17.6 Å². The normalized spacial score (nSPS) is 13.2. The van der Waals surface area contributed by atoms with Crippen LogP contribution in [0.15, 0.2) is 35.6 Å². The standard InChI is InChI=1S/C17H14IN3OS2/c18-11-5-1-2-6-12(11)21-14(22)8-23-16-15-10-4-3-7-13(10)24-17(15)20-9-19-16/h1-2,5-6,9H,3-4,7-8H2,(H,21,22). The second-order valence-electron chi connectivity index (χ2n) is 5.53. The fraction of sp³-hybridized carbons (Fsp3) is 0.235. The number of hydrogen-bond donors (Lipinski definition) is 1. The van der Waals surface area contributed by atoms with E-state index in [1.807, 2.05) is 24.3 Å². The van der Waals surface area contributed by atoms with Crippen LogP contribution in [0.5, 0.6) is 0 Å². The number of nitrogens with one attached hydrogen (secondary N) is 1. The molecule has 1 N–H and O–H groups in total. The monoisotopic (exact) mass is 467 g/mol. The van der Waals surface area contributed by atoms with Crippen LogP contribution in [0.2, 0.25) is 0 Å². The zero-order valence-electron chi connectivity index (χ0n) is 12.7. The average Bonchev–Trinajstić information content (AvgIpc) is 3.16. The number of thioether (sulfide) groups is 1. The lowest BCUT2D eigenvalue weighted by atomic mass is 10.2. The Bertz CT molecular complexity index is 925. The molecule has 0 aliphatic heterocycles. The van der Waals surface area contributed by atoms with Gasteiger partial charge in [-0.2, -0.15) is 0 Å². The van der Waals surface area contributed by atoms with Crippen LogP contribution in [0, 0.1) is 3.57 Å². The van der Waals surface area contributed by atoms with E-state index in [0.29, 0.717) is 5.75 Å². The van der Waals surface area contributed by atoms with Crippen molar-refractivity contribution in [3.8, 4) is 0 Å². The number of carbonyl (C=O) groups excluding carboxylic acids is 1. The topological polar surface area (TPSA) is 54.9 Å². The van der Waals surface area contributed by atoms with Gasteiger partial charge in [-0.3, -0.25) is 4.79 Å². The highest BCUT2D eigenvalue weighted by Gasteiger charge is 2.21. The zero-order valence-corrected chi connectivity index (χ0v) is 16.5. The molecule has 3 aromatic rings. The van der Waals surface area contributed by atoms with Gasteiger partial charge in [-0.15, -0.1) is 11.3 Å². The molecule has 0 radical (unpaired) electrons.